The van der Waals surface area contributed by atoms with Crippen LogP contribution in [-0.4, -0.2) is 32.1 Å². The van der Waals surface area contributed by atoms with Crippen LogP contribution in [0.15, 0.2) is 49.1 Å². The molecule has 2 aromatic heterocycles. The summed E-state index contributed by atoms with van der Waals surface area (Å²) in [6, 6.07) is 7.54. The first-order valence-electron chi connectivity index (χ1n) is 7.83. The fourth-order valence-corrected chi connectivity index (χ4v) is 2.86. The van der Waals surface area contributed by atoms with Crippen LogP contribution < -0.4 is 0 Å². The van der Waals surface area contributed by atoms with Crippen LogP contribution in [0.25, 0.3) is 0 Å². The topological polar surface area (TPSA) is 100 Å². The van der Waals surface area contributed by atoms with E-state index in [1.807, 2.05) is 24.3 Å². The maximum Gasteiger partial charge on any atom is 0.307 e. The summed E-state index contributed by atoms with van der Waals surface area (Å²) in [4.78, 5) is 28.9. The van der Waals surface area contributed by atoms with Crippen LogP contribution in [0.3, 0.4) is 0 Å². The minimum absolute atomic E-state index is 0.172. The van der Waals surface area contributed by atoms with Crippen LogP contribution in [0.5, 0.6) is 0 Å². The largest absolute Gasteiger partial charge is 0.481 e. The van der Waals surface area contributed by atoms with E-state index in [0.29, 0.717) is 0 Å². The fraction of sp³-hybridized carbons (Fsp3) is 0.333. The van der Waals surface area contributed by atoms with Crippen molar-refractivity contribution in [1.82, 2.24) is 9.97 Å². The molecule has 4 rings (SSSR count). The molecular formula is C18H18N2O4. The second kappa shape index (κ2) is 6.78. The Morgan fingerprint density at radius 2 is 1.25 bits per heavy atom. The molecule has 6 heteroatoms. The average molecular weight is 326 g/mol. The molecule has 124 valence electrons. The molecule has 2 saturated carbocycles. The van der Waals surface area contributed by atoms with Crippen LogP contribution in [0.4, 0.5) is 0 Å². The SMILES string of the molecule is O=C(O)[C@@H]1C[C@H]1c1cccnc1.O=C(O)[C@H]1C[C@@H]1c1cccnc1. The molecule has 2 aliphatic carbocycles. The van der Waals surface area contributed by atoms with Crippen molar-refractivity contribution in [2.24, 2.45) is 11.8 Å². The second-order valence-electron chi connectivity index (χ2n) is 6.15. The van der Waals surface area contributed by atoms with Crippen molar-refractivity contribution in [3.8, 4) is 0 Å². The van der Waals surface area contributed by atoms with Crippen molar-refractivity contribution in [3.63, 3.8) is 0 Å². The predicted molar refractivity (Wildman–Crippen MR) is 85.4 cm³/mol. The minimum atomic E-state index is -0.691. The lowest BCUT2D eigenvalue weighted by molar-refractivity contribution is -0.139. The molecule has 2 heterocycles. The first-order chi connectivity index (χ1) is 11.6. The summed E-state index contributed by atoms with van der Waals surface area (Å²) in [5.41, 5.74) is 2.09. The summed E-state index contributed by atoms with van der Waals surface area (Å²) in [5.74, 6) is -1.32. The van der Waals surface area contributed by atoms with Crippen molar-refractivity contribution in [1.29, 1.82) is 0 Å². The number of aliphatic carboxylic acids is 2. The number of aromatic nitrogens is 2. The zero-order chi connectivity index (χ0) is 17.1. The molecule has 0 bridgehead atoms. The summed E-state index contributed by atoms with van der Waals surface area (Å²) >= 11 is 0. The molecule has 2 aliphatic rings. The van der Waals surface area contributed by atoms with E-state index in [-0.39, 0.29) is 23.7 Å². The number of hydrogen-bond donors (Lipinski definition) is 2. The number of rotatable bonds is 4. The zero-order valence-corrected chi connectivity index (χ0v) is 12.9. The highest BCUT2D eigenvalue weighted by Crippen LogP contribution is 2.47. The molecule has 0 saturated heterocycles. The van der Waals surface area contributed by atoms with Gasteiger partial charge in [0.15, 0.2) is 0 Å². The van der Waals surface area contributed by atoms with Gasteiger partial charge in [0.25, 0.3) is 0 Å². The molecule has 0 aliphatic heterocycles. The van der Waals surface area contributed by atoms with Crippen LogP contribution in [0.1, 0.15) is 35.8 Å². The van der Waals surface area contributed by atoms with Crippen LogP contribution in [-0.2, 0) is 9.59 Å². The second-order valence-corrected chi connectivity index (χ2v) is 6.15. The van der Waals surface area contributed by atoms with E-state index in [4.69, 9.17) is 10.2 Å². The van der Waals surface area contributed by atoms with Crippen molar-refractivity contribution in [2.75, 3.05) is 0 Å². The normalized spacial score (nSPS) is 26.7. The van der Waals surface area contributed by atoms with Crippen LogP contribution >= 0.6 is 0 Å². The molecule has 4 atom stereocenters. The highest BCUT2D eigenvalue weighted by atomic mass is 16.4. The molecule has 6 nitrogen and oxygen atoms in total. The first-order valence-corrected chi connectivity index (χ1v) is 7.83. The monoisotopic (exact) mass is 326 g/mol. The van der Waals surface area contributed by atoms with Gasteiger partial charge in [-0.05, 0) is 47.9 Å². The van der Waals surface area contributed by atoms with Gasteiger partial charge in [-0.2, -0.15) is 0 Å². The molecule has 2 aromatic rings. The summed E-state index contributed by atoms with van der Waals surface area (Å²) in [7, 11) is 0. The molecule has 0 unspecified atom stereocenters. The van der Waals surface area contributed by atoms with E-state index in [9.17, 15) is 9.59 Å². The lowest BCUT2D eigenvalue weighted by Gasteiger charge is -1.94. The van der Waals surface area contributed by atoms with Crippen molar-refractivity contribution < 1.29 is 19.8 Å². The number of pyridine rings is 2. The first kappa shape index (κ1) is 16.1. The number of nitrogens with zero attached hydrogens (tertiary/aromatic N) is 2. The molecule has 0 amide bonds. The van der Waals surface area contributed by atoms with Gasteiger partial charge in [0.1, 0.15) is 0 Å². The molecule has 0 aromatic carbocycles. The van der Waals surface area contributed by atoms with E-state index in [1.165, 1.54) is 0 Å². The number of carboxylic acid groups (broad SMARTS) is 2. The Hall–Kier alpha value is -2.76. The Balaban J connectivity index is 0.000000141. The van der Waals surface area contributed by atoms with Gasteiger partial charge in [0, 0.05) is 24.8 Å². The van der Waals surface area contributed by atoms with Crippen LogP contribution in [0.2, 0.25) is 0 Å². The number of hydrogen-bond acceptors (Lipinski definition) is 4. The van der Waals surface area contributed by atoms with Crippen molar-refractivity contribution >= 4 is 11.9 Å². The zero-order valence-electron chi connectivity index (χ0n) is 12.9. The Kier molecular flexibility index (Phi) is 4.55. The van der Waals surface area contributed by atoms with Gasteiger partial charge >= 0.3 is 11.9 Å². The van der Waals surface area contributed by atoms with Gasteiger partial charge in [-0.3, -0.25) is 19.6 Å². The fourth-order valence-electron chi connectivity index (χ4n) is 2.86. The lowest BCUT2D eigenvalue weighted by Crippen LogP contribution is -1.98. The highest BCUT2D eigenvalue weighted by Gasteiger charge is 2.44. The Bertz CT molecular complexity index is 657. The van der Waals surface area contributed by atoms with E-state index >= 15 is 0 Å². The van der Waals surface area contributed by atoms with Gasteiger partial charge in [-0.25, -0.2) is 0 Å². The van der Waals surface area contributed by atoms with Crippen molar-refractivity contribution in [2.45, 2.75) is 24.7 Å². The summed E-state index contributed by atoms with van der Waals surface area (Å²) in [5, 5.41) is 17.3. The van der Waals surface area contributed by atoms with Gasteiger partial charge < -0.3 is 10.2 Å². The van der Waals surface area contributed by atoms with Gasteiger partial charge in [-0.1, -0.05) is 12.1 Å². The van der Waals surface area contributed by atoms with E-state index in [2.05, 4.69) is 9.97 Å². The maximum absolute atomic E-state index is 10.5. The maximum atomic E-state index is 10.5. The third kappa shape index (κ3) is 3.76. The highest BCUT2D eigenvalue weighted by molar-refractivity contribution is 5.75. The summed E-state index contributed by atoms with van der Waals surface area (Å²) < 4.78 is 0. The molecule has 2 fully saturated rings. The predicted octanol–water partition coefficient (Wildman–Crippen LogP) is 2.54. The quantitative estimate of drug-likeness (QED) is 0.895. The van der Waals surface area contributed by atoms with Gasteiger partial charge in [-0.15, -0.1) is 0 Å². The minimum Gasteiger partial charge on any atom is -0.481 e. The molecule has 0 radical (unpaired) electrons. The van der Waals surface area contributed by atoms with E-state index < -0.39 is 11.9 Å². The van der Waals surface area contributed by atoms with Crippen LogP contribution in [0, 0.1) is 11.8 Å². The molecule has 0 spiro atoms. The Labute approximate surface area is 139 Å². The Morgan fingerprint density at radius 1 is 0.833 bits per heavy atom. The van der Waals surface area contributed by atoms with Gasteiger partial charge in [0.2, 0.25) is 0 Å². The number of carbonyl (C=O) groups is 2. The Morgan fingerprint density at radius 3 is 1.50 bits per heavy atom. The molecule has 24 heavy (non-hydrogen) atoms. The lowest BCUT2D eigenvalue weighted by atomic mass is 10.1. The summed E-state index contributed by atoms with van der Waals surface area (Å²) in [6.07, 6.45) is 8.41. The average Bonchev–Trinajstić information content (AvgIpc) is 3.49. The standard InChI is InChI=1S/2C9H9NO2/c2*11-9(12)8-4-7(8)6-2-1-3-10-5-6/h2*1-3,5,7-8H,4H2,(H,11,12)/t2*7-,8+/m10/s1. The van der Waals surface area contributed by atoms with Gasteiger partial charge in [0.05, 0.1) is 11.8 Å². The molecule has 2 N–H and O–H groups in total. The van der Waals surface area contributed by atoms with E-state index in [1.54, 1.807) is 24.8 Å². The smallest absolute Gasteiger partial charge is 0.307 e. The third-order valence-corrected chi connectivity index (χ3v) is 4.44. The number of carboxylic acids is 2. The summed E-state index contributed by atoms with van der Waals surface area (Å²) in [6.45, 7) is 0. The van der Waals surface area contributed by atoms with Crippen molar-refractivity contribution in [3.05, 3.63) is 60.2 Å². The third-order valence-electron chi connectivity index (χ3n) is 4.44. The molecular weight excluding hydrogens is 308 g/mol. The van der Waals surface area contributed by atoms with E-state index in [0.717, 1.165) is 24.0 Å².